The molecule has 0 fully saturated rings. The van der Waals surface area contributed by atoms with Crippen molar-refractivity contribution in [3.8, 4) is 5.75 Å². The van der Waals surface area contributed by atoms with Gasteiger partial charge in [0, 0.05) is 21.8 Å². The van der Waals surface area contributed by atoms with Crippen molar-refractivity contribution in [2.45, 2.75) is 12.5 Å². The van der Waals surface area contributed by atoms with Gasteiger partial charge in [0.2, 0.25) is 0 Å². The Morgan fingerprint density at radius 1 is 1.35 bits per heavy atom. The van der Waals surface area contributed by atoms with Gasteiger partial charge < -0.3 is 9.84 Å². The highest BCUT2D eigenvalue weighted by molar-refractivity contribution is 9.10. The summed E-state index contributed by atoms with van der Waals surface area (Å²) in [7, 11) is 0. The summed E-state index contributed by atoms with van der Waals surface area (Å²) in [5.41, 5.74) is 3.04. The van der Waals surface area contributed by atoms with Crippen LogP contribution in [0.5, 0.6) is 5.75 Å². The Hall–Kier alpha value is -0.840. The standard InChI is InChI=1S/C13H11BrO2S/c14-11-7-17-6-10(11)13(15)9-1-2-12-8(5-9)3-4-16-12/h1-2,5-7,13,15H,3-4H2. The van der Waals surface area contributed by atoms with Crippen LogP contribution in [0.4, 0.5) is 0 Å². The molecule has 0 saturated carbocycles. The van der Waals surface area contributed by atoms with Crippen LogP contribution in [0.3, 0.4) is 0 Å². The number of hydrogen-bond acceptors (Lipinski definition) is 3. The zero-order valence-electron chi connectivity index (χ0n) is 9.02. The summed E-state index contributed by atoms with van der Waals surface area (Å²) in [5, 5.41) is 14.3. The maximum absolute atomic E-state index is 10.3. The fourth-order valence-electron chi connectivity index (χ4n) is 2.04. The average Bonchev–Trinajstić information content (AvgIpc) is 2.95. The van der Waals surface area contributed by atoms with Gasteiger partial charge in [0.15, 0.2) is 0 Å². The lowest BCUT2D eigenvalue weighted by Gasteiger charge is -2.11. The average molecular weight is 311 g/mol. The number of halogens is 1. The van der Waals surface area contributed by atoms with Crippen molar-refractivity contribution in [3.63, 3.8) is 0 Å². The number of benzene rings is 1. The number of thiophene rings is 1. The van der Waals surface area contributed by atoms with E-state index in [1.165, 1.54) is 5.56 Å². The SMILES string of the molecule is OC(c1ccc2c(c1)CCO2)c1cscc1Br. The summed E-state index contributed by atoms with van der Waals surface area (Å²) in [4.78, 5) is 0. The molecule has 4 heteroatoms. The zero-order valence-corrected chi connectivity index (χ0v) is 11.4. The number of fused-ring (bicyclic) bond motifs is 1. The fourth-order valence-corrected chi connectivity index (χ4v) is 3.58. The number of rotatable bonds is 2. The quantitative estimate of drug-likeness (QED) is 0.919. The topological polar surface area (TPSA) is 29.5 Å². The van der Waals surface area contributed by atoms with Gasteiger partial charge in [-0.2, -0.15) is 11.3 Å². The molecule has 1 aromatic heterocycles. The second kappa shape index (κ2) is 4.44. The normalized spacial score (nSPS) is 15.4. The summed E-state index contributed by atoms with van der Waals surface area (Å²) in [6, 6.07) is 5.91. The van der Waals surface area contributed by atoms with Gasteiger partial charge in [-0.05, 0) is 44.6 Å². The highest BCUT2D eigenvalue weighted by Crippen LogP contribution is 2.34. The van der Waals surface area contributed by atoms with Gasteiger partial charge in [-0.3, -0.25) is 0 Å². The minimum atomic E-state index is -0.568. The van der Waals surface area contributed by atoms with Crippen molar-refractivity contribution in [2.24, 2.45) is 0 Å². The van der Waals surface area contributed by atoms with Gasteiger partial charge in [0.25, 0.3) is 0 Å². The van der Waals surface area contributed by atoms with E-state index in [1.54, 1.807) is 11.3 Å². The van der Waals surface area contributed by atoms with Crippen molar-refractivity contribution in [3.05, 3.63) is 50.1 Å². The predicted octanol–water partition coefficient (Wildman–Crippen LogP) is 3.53. The highest BCUT2D eigenvalue weighted by atomic mass is 79.9. The molecule has 0 radical (unpaired) electrons. The molecule has 1 aliphatic heterocycles. The molecule has 2 heterocycles. The molecule has 1 aromatic carbocycles. The lowest BCUT2D eigenvalue weighted by molar-refractivity contribution is 0.220. The molecule has 88 valence electrons. The highest BCUT2D eigenvalue weighted by Gasteiger charge is 2.18. The first-order chi connectivity index (χ1) is 8.25. The van der Waals surface area contributed by atoms with E-state index in [0.717, 1.165) is 34.4 Å². The molecule has 0 aliphatic carbocycles. The van der Waals surface area contributed by atoms with Gasteiger partial charge in [0.1, 0.15) is 11.9 Å². The van der Waals surface area contributed by atoms with Crippen LogP contribution in [-0.2, 0) is 6.42 Å². The van der Waals surface area contributed by atoms with Crippen LogP contribution in [0.15, 0.2) is 33.4 Å². The monoisotopic (exact) mass is 310 g/mol. The maximum atomic E-state index is 10.3. The Labute approximate surface area is 112 Å². The van der Waals surface area contributed by atoms with Gasteiger partial charge >= 0.3 is 0 Å². The summed E-state index contributed by atoms with van der Waals surface area (Å²) >= 11 is 5.04. The van der Waals surface area contributed by atoms with E-state index in [1.807, 2.05) is 29.0 Å². The lowest BCUT2D eigenvalue weighted by atomic mass is 10.0. The first-order valence-electron chi connectivity index (χ1n) is 5.41. The van der Waals surface area contributed by atoms with Crippen molar-refractivity contribution in [2.75, 3.05) is 6.61 Å². The van der Waals surface area contributed by atoms with Crippen LogP contribution in [0, 0.1) is 0 Å². The molecule has 1 aliphatic rings. The van der Waals surface area contributed by atoms with Crippen LogP contribution < -0.4 is 4.74 Å². The summed E-state index contributed by atoms with van der Waals surface area (Å²) in [6.07, 6.45) is 0.363. The third-order valence-corrected chi connectivity index (χ3v) is 4.72. The Morgan fingerprint density at radius 2 is 2.24 bits per heavy atom. The molecule has 17 heavy (non-hydrogen) atoms. The van der Waals surface area contributed by atoms with E-state index < -0.39 is 6.10 Å². The minimum Gasteiger partial charge on any atom is -0.493 e. The molecule has 3 rings (SSSR count). The largest absolute Gasteiger partial charge is 0.493 e. The second-order valence-electron chi connectivity index (χ2n) is 4.04. The molecular formula is C13H11BrO2S. The van der Waals surface area contributed by atoms with E-state index in [2.05, 4.69) is 15.9 Å². The molecule has 2 aromatic rings. The minimum absolute atomic E-state index is 0.568. The molecule has 0 bridgehead atoms. The smallest absolute Gasteiger partial charge is 0.122 e. The Bertz CT molecular complexity index is 550. The van der Waals surface area contributed by atoms with Gasteiger partial charge in [-0.1, -0.05) is 6.07 Å². The van der Waals surface area contributed by atoms with Crippen LogP contribution in [0.1, 0.15) is 22.8 Å². The first-order valence-corrected chi connectivity index (χ1v) is 7.14. The second-order valence-corrected chi connectivity index (χ2v) is 5.64. The molecule has 0 saturated heterocycles. The summed E-state index contributed by atoms with van der Waals surface area (Å²) in [6.45, 7) is 0.747. The molecule has 1 N–H and O–H groups in total. The Kier molecular flexibility index (Phi) is 2.94. The van der Waals surface area contributed by atoms with Crippen LogP contribution >= 0.6 is 27.3 Å². The van der Waals surface area contributed by atoms with Crippen molar-refractivity contribution in [1.29, 1.82) is 0 Å². The number of aliphatic hydroxyl groups is 1. The van der Waals surface area contributed by atoms with E-state index >= 15 is 0 Å². The Morgan fingerprint density at radius 3 is 3.00 bits per heavy atom. The van der Waals surface area contributed by atoms with E-state index in [-0.39, 0.29) is 0 Å². The molecule has 0 amide bonds. The van der Waals surface area contributed by atoms with Crippen LogP contribution in [-0.4, -0.2) is 11.7 Å². The third-order valence-electron chi connectivity index (χ3n) is 2.97. The molecular weight excluding hydrogens is 300 g/mol. The number of hydrogen-bond donors (Lipinski definition) is 1. The predicted molar refractivity (Wildman–Crippen MR) is 71.7 cm³/mol. The Balaban J connectivity index is 1.97. The summed E-state index contributed by atoms with van der Waals surface area (Å²) in [5.74, 6) is 0.949. The van der Waals surface area contributed by atoms with E-state index in [4.69, 9.17) is 4.74 Å². The molecule has 1 atom stereocenters. The number of ether oxygens (including phenoxy) is 1. The fraction of sp³-hybridized carbons (Fsp3) is 0.231. The lowest BCUT2D eigenvalue weighted by Crippen LogP contribution is -1.99. The molecule has 1 unspecified atom stereocenters. The van der Waals surface area contributed by atoms with Crippen LogP contribution in [0.25, 0.3) is 0 Å². The molecule has 0 spiro atoms. The van der Waals surface area contributed by atoms with Crippen molar-refractivity contribution < 1.29 is 9.84 Å². The zero-order chi connectivity index (χ0) is 11.8. The third kappa shape index (κ3) is 2.01. The van der Waals surface area contributed by atoms with E-state index in [9.17, 15) is 5.11 Å². The van der Waals surface area contributed by atoms with Gasteiger partial charge in [-0.25, -0.2) is 0 Å². The van der Waals surface area contributed by atoms with Crippen molar-refractivity contribution >= 4 is 27.3 Å². The first kappa shape index (κ1) is 11.3. The number of aliphatic hydroxyl groups excluding tert-OH is 1. The van der Waals surface area contributed by atoms with Crippen molar-refractivity contribution in [1.82, 2.24) is 0 Å². The maximum Gasteiger partial charge on any atom is 0.122 e. The molecule has 2 nitrogen and oxygen atoms in total. The van der Waals surface area contributed by atoms with Gasteiger partial charge in [0.05, 0.1) is 6.61 Å². The van der Waals surface area contributed by atoms with Crippen LogP contribution in [0.2, 0.25) is 0 Å². The van der Waals surface area contributed by atoms with Gasteiger partial charge in [-0.15, -0.1) is 0 Å². The summed E-state index contributed by atoms with van der Waals surface area (Å²) < 4.78 is 6.42. The van der Waals surface area contributed by atoms with E-state index in [0.29, 0.717) is 0 Å².